The Bertz CT molecular complexity index is 297. The van der Waals surface area contributed by atoms with Crippen LogP contribution in [0.5, 0.6) is 0 Å². The first-order chi connectivity index (χ1) is 7.42. The van der Waals surface area contributed by atoms with Crippen LogP contribution in [0.25, 0.3) is 0 Å². The average molecular weight is 505 g/mol. The molecule has 0 aromatic carbocycles. The standard InChI is InChI=1S/C8H10Br4O3P/c1-3-5(9)7(11)14-16(13)15-8(12)6(10)4-2/h3-4H2,1-2H3/q+1/b7-5+,8-6+. The minimum atomic E-state index is -2.26. The van der Waals surface area contributed by atoms with Crippen LogP contribution in [0.3, 0.4) is 0 Å². The molecule has 0 heterocycles. The van der Waals surface area contributed by atoms with Gasteiger partial charge in [-0.15, -0.1) is 0 Å². The molecule has 0 fully saturated rings. The van der Waals surface area contributed by atoms with E-state index in [0.29, 0.717) is 9.34 Å². The van der Waals surface area contributed by atoms with E-state index in [9.17, 15) is 4.57 Å². The highest BCUT2D eigenvalue weighted by Gasteiger charge is 2.27. The fourth-order valence-corrected chi connectivity index (χ4v) is 2.73. The van der Waals surface area contributed by atoms with E-state index in [1.54, 1.807) is 0 Å². The molecule has 0 spiro atoms. The molecule has 0 N–H and O–H groups in total. The Morgan fingerprint density at radius 3 is 1.50 bits per heavy atom. The molecule has 0 aromatic rings. The van der Waals surface area contributed by atoms with Crippen molar-refractivity contribution in [2.24, 2.45) is 0 Å². The van der Waals surface area contributed by atoms with Gasteiger partial charge in [-0.25, -0.2) is 9.05 Å². The summed E-state index contributed by atoms with van der Waals surface area (Å²) in [6, 6.07) is 0. The molecule has 0 aliphatic rings. The molecule has 92 valence electrons. The van der Waals surface area contributed by atoms with Crippen molar-refractivity contribution >= 4 is 72.0 Å². The average Bonchev–Trinajstić information content (AvgIpc) is 2.26. The fourth-order valence-electron chi connectivity index (χ4n) is 0.527. The van der Waals surface area contributed by atoms with Crippen LogP contribution in [0.4, 0.5) is 0 Å². The van der Waals surface area contributed by atoms with Crippen molar-refractivity contribution in [3.63, 3.8) is 0 Å². The zero-order valence-electron chi connectivity index (χ0n) is 8.60. The van der Waals surface area contributed by atoms with E-state index in [1.165, 1.54) is 0 Å². The van der Waals surface area contributed by atoms with E-state index in [0.717, 1.165) is 21.8 Å². The monoisotopic (exact) mass is 501 g/mol. The molecule has 0 aromatic heterocycles. The van der Waals surface area contributed by atoms with Gasteiger partial charge in [0.2, 0.25) is 9.34 Å². The third kappa shape index (κ3) is 6.74. The Labute approximate surface area is 129 Å². The van der Waals surface area contributed by atoms with Gasteiger partial charge in [-0.1, -0.05) is 45.7 Å². The van der Waals surface area contributed by atoms with Crippen molar-refractivity contribution in [1.29, 1.82) is 0 Å². The van der Waals surface area contributed by atoms with Crippen LogP contribution in [0.15, 0.2) is 18.3 Å². The van der Waals surface area contributed by atoms with Crippen molar-refractivity contribution in [2.45, 2.75) is 26.7 Å². The maximum Gasteiger partial charge on any atom is 0.806 e. The molecule has 3 nitrogen and oxygen atoms in total. The van der Waals surface area contributed by atoms with Crippen molar-refractivity contribution in [2.75, 3.05) is 0 Å². The Kier molecular flexibility index (Phi) is 9.71. The molecule has 0 unspecified atom stereocenters. The number of hydrogen-bond donors (Lipinski definition) is 0. The van der Waals surface area contributed by atoms with Crippen LogP contribution in [0.2, 0.25) is 0 Å². The van der Waals surface area contributed by atoms with Gasteiger partial charge in [0.05, 0.1) is 8.96 Å². The highest BCUT2D eigenvalue weighted by molar-refractivity contribution is 9.14. The van der Waals surface area contributed by atoms with Gasteiger partial charge in [0.1, 0.15) is 0 Å². The lowest BCUT2D eigenvalue weighted by Gasteiger charge is -1.96. The molecule has 0 radical (unpaired) electrons. The van der Waals surface area contributed by atoms with Crippen LogP contribution >= 0.6 is 72.0 Å². The molecule has 8 heteroatoms. The van der Waals surface area contributed by atoms with Crippen LogP contribution in [-0.2, 0) is 13.6 Å². The van der Waals surface area contributed by atoms with Gasteiger partial charge in [0.25, 0.3) is 0 Å². The third-order valence-electron chi connectivity index (χ3n) is 1.36. The number of rotatable bonds is 6. The Hall–Kier alpha value is 1.10. The van der Waals surface area contributed by atoms with E-state index < -0.39 is 8.25 Å². The molecule has 0 atom stereocenters. The van der Waals surface area contributed by atoms with Gasteiger partial charge in [0.15, 0.2) is 0 Å². The van der Waals surface area contributed by atoms with Gasteiger partial charge < -0.3 is 0 Å². The summed E-state index contributed by atoms with van der Waals surface area (Å²) in [7, 11) is -2.26. The van der Waals surface area contributed by atoms with Gasteiger partial charge in [-0.05, 0) is 44.7 Å². The Morgan fingerprint density at radius 2 is 1.25 bits per heavy atom. The molecule has 0 saturated carbocycles. The van der Waals surface area contributed by atoms with E-state index in [4.69, 9.17) is 9.05 Å². The topological polar surface area (TPSA) is 35.5 Å². The third-order valence-corrected chi connectivity index (χ3v) is 6.71. The number of halogens is 4. The number of allylic oxidation sites excluding steroid dienone is 2. The maximum absolute atomic E-state index is 11.4. The van der Waals surface area contributed by atoms with Gasteiger partial charge >= 0.3 is 8.25 Å². The lowest BCUT2D eigenvalue weighted by atomic mass is 10.5. The minimum Gasteiger partial charge on any atom is -0.214 e. The lowest BCUT2D eigenvalue weighted by molar-refractivity contribution is 0.345. The summed E-state index contributed by atoms with van der Waals surface area (Å²) in [5, 5.41) is 0. The fraction of sp³-hybridized carbons (Fsp3) is 0.500. The van der Waals surface area contributed by atoms with E-state index in [1.807, 2.05) is 13.8 Å². The summed E-state index contributed by atoms with van der Waals surface area (Å²) in [5.41, 5.74) is 0. The lowest BCUT2D eigenvalue weighted by Crippen LogP contribution is -1.83. The highest BCUT2D eigenvalue weighted by atomic mass is 79.9. The molecule has 0 amide bonds. The van der Waals surface area contributed by atoms with Gasteiger partial charge in [-0.2, -0.15) is 0 Å². The zero-order chi connectivity index (χ0) is 12.7. The van der Waals surface area contributed by atoms with Crippen LogP contribution in [-0.4, -0.2) is 0 Å². The molecule has 0 aliphatic heterocycles. The largest absolute Gasteiger partial charge is 0.806 e. The van der Waals surface area contributed by atoms with Crippen molar-refractivity contribution in [3.05, 3.63) is 18.3 Å². The quantitative estimate of drug-likeness (QED) is 0.309. The smallest absolute Gasteiger partial charge is 0.214 e. The van der Waals surface area contributed by atoms with E-state index in [-0.39, 0.29) is 0 Å². The second kappa shape index (κ2) is 9.09. The van der Waals surface area contributed by atoms with Crippen molar-refractivity contribution in [1.82, 2.24) is 0 Å². The summed E-state index contributed by atoms with van der Waals surface area (Å²) in [6.45, 7) is 3.87. The maximum atomic E-state index is 11.4. The van der Waals surface area contributed by atoms with Gasteiger partial charge in [0, 0.05) is 4.57 Å². The van der Waals surface area contributed by atoms with Crippen LogP contribution < -0.4 is 0 Å². The van der Waals surface area contributed by atoms with E-state index in [2.05, 4.69) is 63.7 Å². The normalized spacial score (nSPS) is 13.9. The minimum absolute atomic E-state index is 0.379. The molecule has 0 rings (SSSR count). The summed E-state index contributed by atoms with van der Waals surface area (Å²) in [5.74, 6) is 0. The first-order valence-electron chi connectivity index (χ1n) is 4.33. The number of hydrogen-bond acceptors (Lipinski definition) is 3. The molecule has 0 saturated heterocycles. The first-order valence-corrected chi connectivity index (χ1v) is 8.60. The Balaban J connectivity index is 4.42. The second-order valence-electron chi connectivity index (χ2n) is 2.47. The highest BCUT2D eigenvalue weighted by Crippen LogP contribution is 2.39. The van der Waals surface area contributed by atoms with Gasteiger partial charge in [-0.3, -0.25) is 0 Å². The molecular formula is C8H10Br4O3P+. The molecular weight excluding hydrogens is 495 g/mol. The van der Waals surface area contributed by atoms with Crippen LogP contribution in [0.1, 0.15) is 26.7 Å². The molecule has 0 aliphatic carbocycles. The zero-order valence-corrected chi connectivity index (χ0v) is 15.8. The second-order valence-corrected chi connectivity index (χ2v) is 6.64. The predicted molar refractivity (Wildman–Crippen MR) is 80.1 cm³/mol. The van der Waals surface area contributed by atoms with E-state index >= 15 is 0 Å². The van der Waals surface area contributed by atoms with Crippen molar-refractivity contribution in [3.8, 4) is 0 Å². The molecule has 16 heavy (non-hydrogen) atoms. The predicted octanol–water partition coefficient (Wildman–Crippen LogP) is 6.41. The summed E-state index contributed by atoms with van der Waals surface area (Å²) in [6.07, 6.45) is 1.47. The van der Waals surface area contributed by atoms with Crippen LogP contribution in [0, 0.1) is 0 Å². The summed E-state index contributed by atoms with van der Waals surface area (Å²) in [4.78, 5) is 0. The van der Waals surface area contributed by atoms with Crippen molar-refractivity contribution < 1.29 is 13.6 Å². The summed E-state index contributed by atoms with van der Waals surface area (Å²) < 4.78 is 23.8. The first kappa shape index (κ1) is 17.1. The SMILES string of the molecule is CC/C(Br)=C(/Br)O[P+](=O)O/C(Br)=C(/Br)CC. The molecule has 0 bridgehead atoms. The summed E-state index contributed by atoms with van der Waals surface area (Å²) >= 11 is 12.8. The Morgan fingerprint density at radius 1 is 0.938 bits per heavy atom.